The van der Waals surface area contributed by atoms with Gasteiger partial charge in [0.1, 0.15) is 0 Å². The van der Waals surface area contributed by atoms with Gasteiger partial charge < -0.3 is 11.1 Å². The number of hydrogen-bond acceptors (Lipinski definition) is 3. The van der Waals surface area contributed by atoms with Crippen molar-refractivity contribution in [2.75, 3.05) is 12.3 Å². The number of thioether (sulfide) groups is 1. The van der Waals surface area contributed by atoms with E-state index < -0.39 is 5.91 Å². The van der Waals surface area contributed by atoms with Crippen LogP contribution in [-0.2, 0) is 6.54 Å². The van der Waals surface area contributed by atoms with Crippen LogP contribution in [0.2, 0.25) is 5.02 Å². The quantitative estimate of drug-likeness (QED) is 0.873. The number of primary amides is 1. The molecule has 5 heteroatoms. The molecule has 3 N–H and O–H groups in total. The minimum absolute atomic E-state index is 0.446. The lowest BCUT2D eigenvalue weighted by atomic mass is 10.1. The molecule has 1 aliphatic heterocycles. The Hall–Kier alpha value is -0.710. The van der Waals surface area contributed by atoms with Crippen LogP contribution in [0.25, 0.3) is 0 Å². The molecule has 1 unspecified atom stereocenters. The van der Waals surface area contributed by atoms with E-state index in [0.29, 0.717) is 10.6 Å². The van der Waals surface area contributed by atoms with Crippen LogP contribution in [0.3, 0.4) is 0 Å². The second kappa shape index (κ2) is 6.45. The average molecular weight is 285 g/mol. The van der Waals surface area contributed by atoms with Gasteiger partial charge in [-0.2, -0.15) is 11.8 Å². The van der Waals surface area contributed by atoms with Crippen LogP contribution < -0.4 is 11.1 Å². The van der Waals surface area contributed by atoms with Crippen LogP contribution in [-0.4, -0.2) is 23.5 Å². The fourth-order valence-electron chi connectivity index (χ4n) is 2.02. The highest BCUT2D eigenvalue weighted by atomic mass is 35.5. The monoisotopic (exact) mass is 284 g/mol. The highest BCUT2D eigenvalue weighted by Crippen LogP contribution is 2.25. The smallest absolute Gasteiger partial charge is 0.248 e. The molecule has 0 saturated carbocycles. The third kappa shape index (κ3) is 3.64. The van der Waals surface area contributed by atoms with Crippen LogP contribution in [0, 0.1) is 0 Å². The number of carbonyl (C=O) groups is 1. The van der Waals surface area contributed by atoms with Crippen LogP contribution in [0.15, 0.2) is 18.2 Å². The van der Waals surface area contributed by atoms with Gasteiger partial charge in [-0.05, 0) is 36.3 Å². The molecule has 0 bridgehead atoms. The molecule has 1 atom stereocenters. The van der Waals surface area contributed by atoms with Gasteiger partial charge >= 0.3 is 0 Å². The molecule has 0 aromatic heterocycles. The standard InChI is InChI=1S/C13H17ClN2OS/c14-12-6-9(13(15)17)3-4-10(12)7-16-8-11-2-1-5-18-11/h3-4,6,11,16H,1-2,5,7-8H2,(H2,15,17). The van der Waals surface area contributed by atoms with E-state index >= 15 is 0 Å². The van der Waals surface area contributed by atoms with E-state index in [1.54, 1.807) is 12.1 Å². The topological polar surface area (TPSA) is 55.1 Å². The van der Waals surface area contributed by atoms with Crippen molar-refractivity contribution in [3.05, 3.63) is 34.3 Å². The van der Waals surface area contributed by atoms with E-state index in [1.165, 1.54) is 18.6 Å². The normalized spacial score (nSPS) is 19.1. The lowest BCUT2D eigenvalue weighted by Crippen LogP contribution is -2.22. The number of nitrogens with two attached hydrogens (primary N) is 1. The lowest BCUT2D eigenvalue weighted by Gasteiger charge is -2.11. The third-order valence-electron chi connectivity index (χ3n) is 3.05. The Kier molecular flexibility index (Phi) is 4.92. The van der Waals surface area contributed by atoms with Crippen LogP contribution >= 0.6 is 23.4 Å². The van der Waals surface area contributed by atoms with Crippen molar-refractivity contribution in [3.8, 4) is 0 Å². The summed E-state index contributed by atoms with van der Waals surface area (Å²) < 4.78 is 0. The number of amides is 1. The van der Waals surface area contributed by atoms with Gasteiger partial charge in [-0.15, -0.1) is 0 Å². The number of rotatable bonds is 5. The largest absolute Gasteiger partial charge is 0.366 e. The number of halogens is 1. The summed E-state index contributed by atoms with van der Waals surface area (Å²) in [4.78, 5) is 11.0. The molecule has 0 radical (unpaired) electrons. The fraction of sp³-hybridized carbons (Fsp3) is 0.462. The maximum Gasteiger partial charge on any atom is 0.248 e. The molecule has 98 valence electrons. The zero-order valence-corrected chi connectivity index (χ0v) is 11.7. The summed E-state index contributed by atoms with van der Waals surface area (Å²) in [7, 11) is 0. The first-order chi connectivity index (χ1) is 8.66. The van der Waals surface area contributed by atoms with E-state index in [0.717, 1.165) is 23.9 Å². The molecule has 1 fully saturated rings. The predicted octanol–water partition coefficient (Wildman–Crippen LogP) is 2.42. The molecule has 1 saturated heterocycles. The van der Waals surface area contributed by atoms with Crippen molar-refractivity contribution in [3.63, 3.8) is 0 Å². The second-order valence-electron chi connectivity index (χ2n) is 4.44. The maximum absolute atomic E-state index is 11.0. The zero-order valence-electron chi connectivity index (χ0n) is 10.1. The Morgan fingerprint density at radius 1 is 1.56 bits per heavy atom. The highest BCUT2D eigenvalue weighted by Gasteiger charge is 2.14. The van der Waals surface area contributed by atoms with Gasteiger partial charge in [-0.3, -0.25) is 4.79 Å². The van der Waals surface area contributed by atoms with Gasteiger partial charge in [-0.25, -0.2) is 0 Å². The molecule has 0 aliphatic carbocycles. The molecule has 18 heavy (non-hydrogen) atoms. The van der Waals surface area contributed by atoms with Crippen molar-refractivity contribution in [2.45, 2.75) is 24.6 Å². The molecule has 3 nitrogen and oxygen atoms in total. The summed E-state index contributed by atoms with van der Waals surface area (Å²) in [6.45, 7) is 1.74. The van der Waals surface area contributed by atoms with Crippen molar-refractivity contribution in [2.24, 2.45) is 5.73 Å². The van der Waals surface area contributed by atoms with Gasteiger partial charge in [0.15, 0.2) is 0 Å². The van der Waals surface area contributed by atoms with E-state index in [4.69, 9.17) is 17.3 Å². The van der Waals surface area contributed by atoms with Crippen LogP contribution in [0.4, 0.5) is 0 Å². The summed E-state index contributed by atoms with van der Waals surface area (Å²) in [6, 6.07) is 5.21. The maximum atomic E-state index is 11.0. The van der Waals surface area contributed by atoms with Crippen molar-refractivity contribution in [1.29, 1.82) is 0 Å². The average Bonchev–Trinajstić information content (AvgIpc) is 2.84. The number of hydrogen-bond donors (Lipinski definition) is 2. The van der Waals surface area contributed by atoms with E-state index in [1.807, 2.05) is 17.8 Å². The molecular formula is C13H17ClN2OS. The molecule has 2 rings (SSSR count). The Morgan fingerprint density at radius 2 is 2.39 bits per heavy atom. The Morgan fingerprint density at radius 3 is 3.00 bits per heavy atom. The second-order valence-corrected chi connectivity index (χ2v) is 6.25. The van der Waals surface area contributed by atoms with Crippen molar-refractivity contribution in [1.82, 2.24) is 5.32 Å². The summed E-state index contributed by atoms with van der Waals surface area (Å²) in [6.07, 6.45) is 2.62. The molecule has 1 aromatic carbocycles. The van der Waals surface area contributed by atoms with Crippen LogP contribution in [0.1, 0.15) is 28.8 Å². The first-order valence-electron chi connectivity index (χ1n) is 6.07. The molecule has 1 heterocycles. The lowest BCUT2D eigenvalue weighted by molar-refractivity contribution is 0.100. The number of benzene rings is 1. The third-order valence-corrected chi connectivity index (χ3v) is 4.80. The number of carbonyl (C=O) groups excluding carboxylic acids is 1. The molecular weight excluding hydrogens is 268 g/mol. The van der Waals surface area contributed by atoms with Gasteiger partial charge in [-0.1, -0.05) is 17.7 Å². The Balaban J connectivity index is 1.87. The molecule has 1 aromatic rings. The highest BCUT2D eigenvalue weighted by molar-refractivity contribution is 8.00. The predicted molar refractivity (Wildman–Crippen MR) is 77.2 cm³/mol. The minimum atomic E-state index is -0.446. The van der Waals surface area contributed by atoms with Gasteiger partial charge in [0, 0.05) is 28.9 Å². The van der Waals surface area contributed by atoms with E-state index in [9.17, 15) is 4.79 Å². The summed E-state index contributed by atoms with van der Waals surface area (Å²) in [5.41, 5.74) is 6.66. The first-order valence-corrected chi connectivity index (χ1v) is 7.50. The number of nitrogens with one attached hydrogen (secondary N) is 1. The Labute approximate surface area is 116 Å². The molecule has 1 amide bonds. The van der Waals surface area contributed by atoms with Crippen molar-refractivity contribution >= 4 is 29.3 Å². The van der Waals surface area contributed by atoms with E-state index in [-0.39, 0.29) is 0 Å². The minimum Gasteiger partial charge on any atom is -0.366 e. The fourth-order valence-corrected chi connectivity index (χ4v) is 3.50. The summed E-state index contributed by atoms with van der Waals surface area (Å²) in [5, 5.41) is 4.74. The molecule has 0 spiro atoms. The SMILES string of the molecule is NC(=O)c1ccc(CNCC2CCCS2)c(Cl)c1. The Bertz CT molecular complexity index is 433. The van der Waals surface area contributed by atoms with Gasteiger partial charge in [0.2, 0.25) is 5.91 Å². The molecule has 1 aliphatic rings. The van der Waals surface area contributed by atoms with Gasteiger partial charge in [0.25, 0.3) is 0 Å². The summed E-state index contributed by atoms with van der Waals surface area (Å²) in [5.74, 6) is 0.833. The summed E-state index contributed by atoms with van der Waals surface area (Å²) >= 11 is 8.15. The van der Waals surface area contributed by atoms with Gasteiger partial charge in [0.05, 0.1) is 0 Å². The zero-order chi connectivity index (χ0) is 13.0. The van der Waals surface area contributed by atoms with Crippen LogP contribution in [0.5, 0.6) is 0 Å². The van der Waals surface area contributed by atoms with Crippen molar-refractivity contribution < 1.29 is 4.79 Å². The van der Waals surface area contributed by atoms with E-state index in [2.05, 4.69) is 5.32 Å². The first kappa shape index (κ1) is 13.7.